The highest BCUT2D eigenvalue weighted by molar-refractivity contribution is 7.99. The number of carbonyl (C=O) groups is 14. The van der Waals surface area contributed by atoms with E-state index in [1.807, 2.05) is 72.8 Å². The van der Waals surface area contributed by atoms with Crippen molar-refractivity contribution in [2.45, 2.75) is 212 Å². The molecule has 4 aromatic carbocycles. The van der Waals surface area contributed by atoms with Crippen LogP contribution in [-0.2, 0) is 71.8 Å². The maximum absolute atomic E-state index is 14.7. The SMILES string of the molecule is CC[C@H](NC(=O)OCC1c2ccccc2-c2ccccc21)C(=O)OC.O=C(O)CC[C@H](NC(=O)[C@H](CCC(=O)NC[C@H](O)[C@@H](O)[C@H](O)[C@H](O)CO)CC(=O)CCSCC1c2ccccc2-c2ccccc21)C(=O)C[C@@H](CCC(=O)NC[C@H](O)[C@@H](O)[C@H](O)[C@H](O)CO)C(=O)N[C@@H](CCC(=O)O)C(=O)C[C@@H](CCC(=O)NC[C@H](O)[C@@H](O)[C@H](O)[C@H](O)CO)C(=O)N[C@@H](CS)C(=O)O. The fourth-order valence-electron chi connectivity index (χ4n) is 14.3. The van der Waals surface area contributed by atoms with Crippen molar-refractivity contribution >= 4 is 107 Å². The number of carbonyl (C=O) groups excluding carboxylic acids is 11. The number of Topliss-reactive ketones (excluding diaryl/α,β-unsaturated/α-hetero) is 3. The minimum atomic E-state index is -2.17. The molecule has 0 spiro atoms. The smallest absolute Gasteiger partial charge is 0.407 e. The molecule has 4 aromatic rings. The summed E-state index contributed by atoms with van der Waals surface area (Å²) in [6.07, 6.45) is -34.5. The number of benzene rings is 4. The van der Waals surface area contributed by atoms with Crippen molar-refractivity contribution in [2.75, 3.05) is 70.4 Å². The number of nitrogens with one attached hydrogen (secondary N) is 7. The van der Waals surface area contributed by atoms with Crippen molar-refractivity contribution in [1.82, 2.24) is 37.2 Å². The van der Waals surface area contributed by atoms with Crippen LogP contribution in [0.1, 0.15) is 137 Å². The second kappa shape index (κ2) is 55.9. The second-order valence-electron chi connectivity index (χ2n) is 31.2. The number of esters is 1. The number of thiol groups is 1. The van der Waals surface area contributed by atoms with E-state index >= 15 is 0 Å². The molecule has 0 bridgehead atoms. The Labute approximate surface area is 751 Å². The Kier molecular flexibility index (Phi) is 47.4. The molecule has 714 valence electrons. The highest BCUT2D eigenvalue weighted by atomic mass is 32.2. The maximum Gasteiger partial charge on any atom is 0.407 e. The van der Waals surface area contributed by atoms with Crippen LogP contribution < -0.4 is 37.2 Å². The molecule has 19 atom stereocenters. The number of hydrogen-bond acceptors (Lipinski definition) is 33. The van der Waals surface area contributed by atoms with Gasteiger partial charge in [-0.05, 0) is 83.0 Å². The van der Waals surface area contributed by atoms with E-state index in [0.29, 0.717) is 12.2 Å². The number of rotatable bonds is 59. The second-order valence-corrected chi connectivity index (χ2v) is 32.7. The molecule has 2 aliphatic rings. The highest BCUT2D eigenvalue weighted by Crippen LogP contribution is 2.47. The summed E-state index contributed by atoms with van der Waals surface area (Å²) < 4.78 is 10.1. The Morgan fingerprint density at radius 1 is 0.403 bits per heavy atom. The van der Waals surface area contributed by atoms with Gasteiger partial charge < -0.3 is 139 Å². The summed E-state index contributed by atoms with van der Waals surface area (Å²) in [5.41, 5.74) is 8.93. The van der Waals surface area contributed by atoms with Gasteiger partial charge in [-0.3, -0.25) is 52.7 Å². The molecule has 0 aromatic heterocycles. The van der Waals surface area contributed by atoms with Crippen molar-refractivity contribution in [3.05, 3.63) is 119 Å². The summed E-state index contributed by atoms with van der Waals surface area (Å²) >= 11 is 5.36. The normalized spacial score (nSPS) is 16.5. The number of thioether (sulfide) groups is 1. The van der Waals surface area contributed by atoms with Crippen molar-refractivity contribution in [2.24, 2.45) is 17.8 Å². The van der Waals surface area contributed by atoms with E-state index in [4.69, 9.17) is 9.84 Å². The number of carboxylic acids is 3. The first-order valence-corrected chi connectivity index (χ1v) is 43.5. The molecule has 41 nitrogen and oxygen atoms in total. The topological polar surface area (TPSA) is 706 Å². The monoisotopic (exact) mass is 1860 g/mol. The van der Waals surface area contributed by atoms with Gasteiger partial charge in [0, 0.05) is 124 Å². The predicted octanol–water partition coefficient (Wildman–Crippen LogP) is -3.68. The quantitative estimate of drug-likeness (QED) is 0.0115. The van der Waals surface area contributed by atoms with Gasteiger partial charge in [0.15, 0.2) is 11.6 Å². The molecule has 7 amide bonds. The highest BCUT2D eigenvalue weighted by Gasteiger charge is 2.40. The molecule has 0 fully saturated rings. The molecule has 0 heterocycles. The lowest BCUT2D eigenvalue weighted by atomic mass is 9.89. The summed E-state index contributed by atoms with van der Waals surface area (Å²) in [4.78, 5) is 186. The van der Waals surface area contributed by atoms with Crippen molar-refractivity contribution < 1.29 is 169 Å². The molecular weight excluding hydrogens is 1740 g/mol. The number of aliphatic hydroxyl groups excluding tert-OH is 15. The van der Waals surface area contributed by atoms with E-state index in [1.165, 1.54) is 30.0 Å². The largest absolute Gasteiger partial charge is 0.481 e. The molecule has 43 heteroatoms. The zero-order valence-electron chi connectivity index (χ0n) is 71.0. The number of methoxy groups -OCH3 is 1. The molecule has 6 rings (SSSR count). The zero-order chi connectivity index (χ0) is 95.9. The fraction of sp³-hybridized carbons (Fsp3) is 0.558. The number of ether oxygens (including phenoxy) is 2. The van der Waals surface area contributed by atoms with Crippen molar-refractivity contribution in [1.29, 1.82) is 0 Å². The van der Waals surface area contributed by atoms with Crippen LogP contribution in [0.15, 0.2) is 97.1 Å². The van der Waals surface area contributed by atoms with Gasteiger partial charge in [0.1, 0.15) is 79.4 Å². The zero-order valence-corrected chi connectivity index (χ0v) is 72.7. The third-order valence-corrected chi connectivity index (χ3v) is 23.4. The first kappa shape index (κ1) is 109. The van der Waals surface area contributed by atoms with Crippen LogP contribution >= 0.6 is 24.4 Å². The van der Waals surface area contributed by atoms with Gasteiger partial charge in [0.25, 0.3) is 0 Å². The summed E-state index contributed by atoms with van der Waals surface area (Å²) in [6.45, 7) is -3.48. The summed E-state index contributed by atoms with van der Waals surface area (Å²) in [5, 5.41) is 194. The Morgan fingerprint density at radius 3 is 1.05 bits per heavy atom. The molecular formula is C86H119N7O34S2. The Bertz CT molecular complexity index is 4290. The van der Waals surface area contributed by atoms with Crippen LogP contribution in [0.2, 0.25) is 0 Å². The van der Waals surface area contributed by atoms with Crippen LogP contribution in [-0.4, -0.2) is 343 Å². The van der Waals surface area contributed by atoms with Crippen LogP contribution in [0.5, 0.6) is 0 Å². The van der Waals surface area contributed by atoms with Gasteiger partial charge in [-0.25, -0.2) is 14.4 Å². The summed E-state index contributed by atoms with van der Waals surface area (Å²) in [6, 6.07) is 25.7. The van der Waals surface area contributed by atoms with Gasteiger partial charge in [0.2, 0.25) is 35.4 Å². The number of ketones is 3. The number of fused-ring (bicyclic) bond motifs is 6. The third-order valence-electron chi connectivity index (χ3n) is 21.9. The number of aliphatic carboxylic acids is 3. The van der Waals surface area contributed by atoms with E-state index in [-0.39, 0.29) is 30.6 Å². The fourth-order valence-corrected chi connectivity index (χ4v) is 15.7. The van der Waals surface area contributed by atoms with Gasteiger partial charge in [-0.15, -0.1) is 0 Å². The Morgan fingerprint density at radius 2 is 0.729 bits per heavy atom. The van der Waals surface area contributed by atoms with E-state index in [9.17, 15) is 154 Å². The number of alkyl carbamates (subject to hydrolysis) is 1. The third kappa shape index (κ3) is 34.6. The van der Waals surface area contributed by atoms with E-state index in [2.05, 4.69) is 78.8 Å². The minimum absolute atomic E-state index is 0.00338. The lowest BCUT2D eigenvalue weighted by Gasteiger charge is -2.26. The molecule has 0 radical (unpaired) electrons. The van der Waals surface area contributed by atoms with Gasteiger partial charge in [-0.1, -0.05) is 104 Å². The van der Waals surface area contributed by atoms with Crippen molar-refractivity contribution in [3.63, 3.8) is 0 Å². The molecule has 0 saturated carbocycles. The van der Waals surface area contributed by atoms with E-state index < -0.39 is 327 Å². The average molecular weight is 1860 g/mol. The molecule has 0 unspecified atom stereocenters. The van der Waals surface area contributed by atoms with Gasteiger partial charge >= 0.3 is 30.0 Å². The number of amides is 7. The predicted molar refractivity (Wildman–Crippen MR) is 460 cm³/mol. The summed E-state index contributed by atoms with van der Waals surface area (Å²) in [7, 11) is 1.30. The Hall–Kier alpha value is -10.0. The van der Waals surface area contributed by atoms with Crippen LogP contribution in [0, 0.1) is 17.8 Å². The average Bonchev–Trinajstić information content (AvgIpc) is 1.62. The molecule has 129 heavy (non-hydrogen) atoms. The summed E-state index contributed by atoms with van der Waals surface area (Å²) in [5.74, 6) is -19.4. The van der Waals surface area contributed by atoms with Gasteiger partial charge in [-0.2, -0.15) is 24.4 Å². The molecule has 2 aliphatic carbocycles. The maximum atomic E-state index is 14.7. The van der Waals surface area contributed by atoms with Crippen molar-refractivity contribution in [3.8, 4) is 22.3 Å². The van der Waals surface area contributed by atoms with E-state index in [1.54, 1.807) is 6.92 Å². The van der Waals surface area contributed by atoms with Crippen LogP contribution in [0.25, 0.3) is 22.3 Å². The standard InChI is InChI=1S/C66H98N6O30S2.C20H21NO4/c73-27-49(82)60(95)57(92)46(79)24-67-52(85)14-9-32(21-35(76)19-20-104-31-40-38-7-3-1-5-36(38)37-6-2-4-8-39(37)40)63(98)70-41(12-17-55(88)89)44(77)22-33(10-15-53(86)68-25-47(80)58(93)61(96)50(83)28-74)64(99)71-42(13-18-56(90)91)45(78)23-34(65(100)72-43(30-103)66(101)102)11-16-54(87)69-26-48(81)59(94)62(97)51(84)29-75;1-3-18(19(22)24-2)21-20(23)25-12-17-15-10-6-4-8-13(15)14-9-5-7-11-16(14)17/h1-8,32-34,40-43,46-51,57-62,73-75,79-84,92-97,103H,9-31H2,(H,67,85)(H,68,86)(H,69,87)(H,70,98)(H,71,99)(H,72,100)(H,88,89)(H,90,91)(H,101,102);4-11,17-18H,3,12H2,1-2H3,(H,21,23)/t32-,33-,34-,41+,42+,43+,46+,47+,48+,49-,50-,51-,57-,58-,59-,60-,61-,62-;18-/m10/s1. The molecule has 25 N–H and O–H groups in total. The number of hydrogen-bond donors (Lipinski definition) is 26. The van der Waals surface area contributed by atoms with Crippen LogP contribution in [0.4, 0.5) is 4.79 Å². The lowest BCUT2D eigenvalue weighted by molar-refractivity contribution is -0.143. The molecule has 0 saturated heterocycles. The van der Waals surface area contributed by atoms with Crippen LogP contribution in [0.3, 0.4) is 0 Å². The minimum Gasteiger partial charge on any atom is -0.481 e. The first-order chi connectivity index (χ1) is 61.2. The lowest BCUT2D eigenvalue weighted by Crippen LogP contribution is -2.50. The molecule has 0 aliphatic heterocycles. The number of aliphatic hydroxyl groups is 15. The van der Waals surface area contributed by atoms with Gasteiger partial charge in [0.05, 0.1) is 57.3 Å². The first-order valence-electron chi connectivity index (χ1n) is 41.8. The number of carboxylic acid groups (broad SMARTS) is 3. The van der Waals surface area contributed by atoms with E-state index in [0.717, 1.165) is 33.4 Å². The Balaban J connectivity index is 0.000000997.